The molecule has 0 aliphatic carbocycles. The van der Waals surface area contributed by atoms with Crippen molar-refractivity contribution in [3.05, 3.63) is 12.3 Å². The zero-order chi connectivity index (χ0) is 11.5. The van der Waals surface area contributed by atoms with E-state index in [1.54, 1.807) is 28.7 Å². The second-order valence-corrected chi connectivity index (χ2v) is 6.13. The van der Waals surface area contributed by atoms with E-state index < -0.39 is 0 Å². The Hall–Kier alpha value is -0.970. The smallest absolute Gasteiger partial charge is 0.235 e. The second kappa shape index (κ2) is 4.70. The van der Waals surface area contributed by atoms with Gasteiger partial charge in [-0.15, -0.1) is 11.8 Å². The van der Waals surface area contributed by atoms with Gasteiger partial charge in [0, 0.05) is 24.1 Å². The minimum atomic E-state index is -0.00590. The fraction of sp³-hybridized carbons (Fsp3) is 0.600. The van der Waals surface area contributed by atoms with Gasteiger partial charge in [-0.05, 0) is 0 Å². The molecule has 1 rings (SSSR count). The molecule has 0 spiro atoms. The summed E-state index contributed by atoms with van der Waals surface area (Å²) >= 11 is 1.62. The number of anilines is 1. The van der Waals surface area contributed by atoms with Gasteiger partial charge in [-0.1, -0.05) is 20.8 Å². The number of nitrogens with zero attached hydrogens (tertiary/aromatic N) is 2. The summed E-state index contributed by atoms with van der Waals surface area (Å²) in [4.78, 5) is 11.5. The highest BCUT2D eigenvalue weighted by atomic mass is 32.2. The van der Waals surface area contributed by atoms with E-state index in [1.807, 2.05) is 7.05 Å². The van der Waals surface area contributed by atoms with E-state index >= 15 is 0 Å². The van der Waals surface area contributed by atoms with E-state index in [9.17, 15) is 4.79 Å². The molecule has 84 valence electrons. The Bertz CT molecular complexity index is 341. The number of hydrogen-bond donors (Lipinski definition) is 1. The van der Waals surface area contributed by atoms with Gasteiger partial charge in [0.2, 0.25) is 5.91 Å². The zero-order valence-corrected chi connectivity index (χ0v) is 10.4. The third kappa shape index (κ3) is 4.88. The molecule has 0 aliphatic rings. The summed E-state index contributed by atoms with van der Waals surface area (Å²) in [7, 11) is 1.82. The summed E-state index contributed by atoms with van der Waals surface area (Å²) in [5.74, 6) is 1.06. The molecule has 0 aliphatic heterocycles. The molecule has 0 unspecified atom stereocenters. The zero-order valence-electron chi connectivity index (χ0n) is 9.57. The van der Waals surface area contributed by atoms with Gasteiger partial charge < -0.3 is 5.32 Å². The first-order valence-electron chi connectivity index (χ1n) is 4.80. The highest BCUT2D eigenvalue weighted by molar-refractivity contribution is 8.01. The molecule has 0 saturated heterocycles. The first kappa shape index (κ1) is 12.1. The molecule has 0 radical (unpaired) electrons. The van der Waals surface area contributed by atoms with Crippen LogP contribution in [0.2, 0.25) is 0 Å². The number of aryl methyl sites for hydroxylation is 1. The molecule has 1 heterocycles. The molecular formula is C10H17N3OS. The Morgan fingerprint density at radius 2 is 2.27 bits per heavy atom. The van der Waals surface area contributed by atoms with E-state index in [4.69, 9.17) is 0 Å². The van der Waals surface area contributed by atoms with Crippen molar-refractivity contribution in [3.8, 4) is 0 Å². The average molecular weight is 227 g/mol. The molecule has 0 saturated carbocycles. The van der Waals surface area contributed by atoms with Gasteiger partial charge in [0.05, 0.1) is 5.75 Å². The number of rotatable bonds is 3. The molecule has 15 heavy (non-hydrogen) atoms. The highest BCUT2D eigenvalue weighted by Gasteiger charge is 2.13. The summed E-state index contributed by atoms with van der Waals surface area (Å²) in [6.45, 7) is 6.27. The average Bonchev–Trinajstić information content (AvgIpc) is 2.47. The van der Waals surface area contributed by atoms with Gasteiger partial charge in [-0.25, -0.2) is 0 Å². The quantitative estimate of drug-likeness (QED) is 0.857. The van der Waals surface area contributed by atoms with Gasteiger partial charge in [-0.3, -0.25) is 9.48 Å². The number of aromatic nitrogens is 2. The van der Waals surface area contributed by atoms with Crippen molar-refractivity contribution in [2.24, 2.45) is 7.05 Å². The lowest BCUT2D eigenvalue weighted by Gasteiger charge is -2.16. The molecule has 1 aromatic rings. The van der Waals surface area contributed by atoms with E-state index in [1.165, 1.54) is 0 Å². The fourth-order valence-corrected chi connectivity index (χ4v) is 1.58. The first-order chi connectivity index (χ1) is 6.87. The summed E-state index contributed by atoms with van der Waals surface area (Å²) in [5, 5.41) is 6.81. The Labute approximate surface area is 94.4 Å². The fourth-order valence-electron chi connectivity index (χ4n) is 0.943. The van der Waals surface area contributed by atoms with Gasteiger partial charge in [-0.2, -0.15) is 5.10 Å². The lowest BCUT2D eigenvalue weighted by molar-refractivity contribution is -0.113. The number of nitrogens with one attached hydrogen (secondary N) is 1. The lowest BCUT2D eigenvalue weighted by Crippen LogP contribution is -2.19. The van der Waals surface area contributed by atoms with Crippen LogP contribution in [0.25, 0.3) is 0 Å². The van der Waals surface area contributed by atoms with Crippen LogP contribution in [0.3, 0.4) is 0 Å². The third-order valence-corrected chi connectivity index (χ3v) is 2.89. The minimum Gasteiger partial charge on any atom is -0.308 e. The monoisotopic (exact) mass is 227 g/mol. The van der Waals surface area contributed by atoms with Crippen LogP contribution in [0.4, 0.5) is 5.82 Å². The summed E-state index contributed by atoms with van der Waals surface area (Å²) in [5.41, 5.74) is 0. The number of amides is 1. The maximum Gasteiger partial charge on any atom is 0.235 e. The molecule has 1 N–H and O–H groups in total. The Morgan fingerprint density at radius 3 is 2.73 bits per heavy atom. The standard InChI is InChI=1S/C10H17N3OS/c1-10(2,3)15-7-9(14)11-8-5-6-13(4)12-8/h5-6H,7H2,1-4H3,(H,11,12,14). The topological polar surface area (TPSA) is 46.9 Å². The second-order valence-electron chi connectivity index (χ2n) is 4.32. The van der Waals surface area contributed by atoms with Crippen molar-refractivity contribution >= 4 is 23.5 Å². The van der Waals surface area contributed by atoms with Crippen molar-refractivity contribution in [3.63, 3.8) is 0 Å². The van der Waals surface area contributed by atoms with Crippen LogP contribution in [0.5, 0.6) is 0 Å². The van der Waals surface area contributed by atoms with Gasteiger partial charge >= 0.3 is 0 Å². The van der Waals surface area contributed by atoms with Crippen LogP contribution in [-0.4, -0.2) is 26.2 Å². The van der Waals surface area contributed by atoms with E-state index in [0.717, 1.165) is 0 Å². The number of carbonyl (C=O) groups is 1. The Balaban J connectivity index is 2.37. The third-order valence-electron chi connectivity index (χ3n) is 1.62. The van der Waals surface area contributed by atoms with Crippen LogP contribution in [0, 0.1) is 0 Å². The van der Waals surface area contributed by atoms with Crippen molar-refractivity contribution in [1.82, 2.24) is 9.78 Å². The summed E-state index contributed by atoms with van der Waals surface area (Å²) in [6, 6.07) is 1.78. The van der Waals surface area contributed by atoms with Gasteiger partial charge in [0.1, 0.15) is 0 Å². The Morgan fingerprint density at radius 1 is 1.60 bits per heavy atom. The van der Waals surface area contributed by atoms with E-state index in [-0.39, 0.29) is 10.7 Å². The van der Waals surface area contributed by atoms with Crippen molar-refractivity contribution in [1.29, 1.82) is 0 Å². The largest absolute Gasteiger partial charge is 0.308 e. The van der Waals surface area contributed by atoms with E-state index in [0.29, 0.717) is 11.6 Å². The molecule has 1 aromatic heterocycles. The van der Waals surface area contributed by atoms with Crippen molar-refractivity contribution in [2.45, 2.75) is 25.5 Å². The molecule has 0 aromatic carbocycles. The molecule has 0 fully saturated rings. The molecule has 5 heteroatoms. The van der Waals surface area contributed by atoms with Crippen LogP contribution in [0.1, 0.15) is 20.8 Å². The molecule has 1 amide bonds. The minimum absolute atomic E-state index is 0.00590. The van der Waals surface area contributed by atoms with Crippen LogP contribution in [0.15, 0.2) is 12.3 Å². The molecular weight excluding hydrogens is 210 g/mol. The van der Waals surface area contributed by atoms with Crippen molar-refractivity contribution < 1.29 is 4.79 Å². The van der Waals surface area contributed by atoms with Crippen LogP contribution in [-0.2, 0) is 11.8 Å². The summed E-state index contributed by atoms with van der Waals surface area (Å²) < 4.78 is 1.77. The van der Waals surface area contributed by atoms with E-state index in [2.05, 4.69) is 31.2 Å². The first-order valence-corrected chi connectivity index (χ1v) is 5.79. The Kier molecular flexibility index (Phi) is 3.79. The molecule has 0 atom stereocenters. The predicted octanol–water partition coefficient (Wildman–Crippen LogP) is 1.89. The summed E-state index contributed by atoms with van der Waals surface area (Å²) in [6.07, 6.45) is 1.80. The predicted molar refractivity (Wildman–Crippen MR) is 64.0 cm³/mol. The SMILES string of the molecule is Cn1ccc(NC(=O)CSC(C)(C)C)n1. The van der Waals surface area contributed by atoms with Crippen LogP contribution < -0.4 is 5.32 Å². The maximum atomic E-state index is 11.5. The van der Waals surface area contributed by atoms with Gasteiger partial charge in [0.15, 0.2) is 5.82 Å². The normalized spacial score (nSPS) is 11.5. The lowest BCUT2D eigenvalue weighted by atomic mass is 10.3. The highest BCUT2D eigenvalue weighted by Crippen LogP contribution is 2.22. The number of hydrogen-bond acceptors (Lipinski definition) is 3. The maximum absolute atomic E-state index is 11.5. The van der Waals surface area contributed by atoms with Crippen LogP contribution >= 0.6 is 11.8 Å². The molecule has 0 bridgehead atoms. The molecule has 4 nitrogen and oxygen atoms in total. The number of carbonyl (C=O) groups excluding carboxylic acids is 1. The number of thioether (sulfide) groups is 1. The van der Waals surface area contributed by atoms with Gasteiger partial charge in [0.25, 0.3) is 0 Å². The van der Waals surface area contributed by atoms with Crippen molar-refractivity contribution in [2.75, 3.05) is 11.1 Å².